The van der Waals surface area contributed by atoms with Gasteiger partial charge >= 0.3 is 0 Å². The Morgan fingerprint density at radius 2 is 1.96 bits per heavy atom. The van der Waals surface area contributed by atoms with E-state index in [1.54, 1.807) is 11.8 Å². The predicted molar refractivity (Wildman–Crippen MR) is 107 cm³/mol. The molecule has 0 spiro atoms. The highest BCUT2D eigenvalue weighted by molar-refractivity contribution is 7.99. The number of nitrogens with zero attached hydrogens (tertiary/aromatic N) is 3. The zero-order valence-electron chi connectivity index (χ0n) is 15.4. The summed E-state index contributed by atoms with van der Waals surface area (Å²) in [6.45, 7) is 6.10. The average molecular weight is 374 g/mol. The first-order valence-electron chi connectivity index (χ1n) is 9.27. The first-order chi connectivity index (χ1) is 12.6. The molecule has 7 heteroatoms. The van der Waals surface area contributed by atoms with Gasteiger partial charge in [0.1, 0.15) is 0 Å². The fourth-order valence-corrected chi connectivity index (χ4v) is 4.22. The Hall–Kier alpha value is -2.02. The SMILES string of the molecule is CC(C)C(SCc1ccccc1)C(=O)Nc1nc(N2CCCCC2)n[nH]1. The van der Waals surface area contributed by atoms with E-state index in [1.165, 1.54) is 24.8 Å². The van der Waals surface area contributed by atoms with Crippen molar-refractivity contribution in [2.45, 2.75) is 44.1 Å². The minimum absolute atomic E-state index is 0.0257. The van der Waals surface area contributed by atoms with Crippen LogP contribution in [0.4, 0.5) is 11.9 Å². The van der Waals surface area contributed by atoms with Crippen molar-refractivity contribution in [1.29, 1.82) is 0 Å². The molecule has 2 aromatic rings. The highest BCUT2D eigenvalue weighted by Gasteiger charge is 2.24. The zero-order valence-corrected chi connectivity index (χ0v) is 16.3. The fourth-order valence-electron chi connectivity index (χ4n) is 3.06. The minimum Gasteiger partial charge on any atom is -0.340 e. The van der Waals surface area contributed by atoms with Gasteiger partial charge in [-0.15, -0.1) is 16.9 Å². The molecule has 1 saturated heterocycles. The Balaban J connectivity index is 1.58. The molecule has 0 bridgehead atoms. The van der Waals surface area contributed by atoms with E-state index in [1.807, 2.05) is 18.2 Å². The maximum absolute atomic E-state index is 12.7. The molecule has 1 aliphatic heterocycles. The number of anilines is 2. The van der Waals surface area contributed by atoms with Crippen molar-refractivity contribution < 1.29 is 4.79 Å². The Morgan fingerprint density at radius 1 is 1.23 bits per heavy atom. The molecule has 0 radical (unpaired) electrons. The number of H-pyrrole nitrogens is 1. The van der Waals surface area contributed by atoms with Gasteiger partial charge in [-0.05, 0) is 30.7 Å². The van der Waals surface area contributed by atoms with Gasteiger partial charge in [-0.25, -0.2) is 5.10 Å². The molecule has 2 N–H and O–H groups in total. The summed E-state index contributed by atoms with van der Waals surface area (Å²) in [6.07, 6.45) is 3.60. The topological polar surface area (TPSA) is 73.9 Å². The van der Waals surface area contributed by atoms with Crippen molar-refractivity contribution >= 4 is 29.6 Å². The lowest BCUT2D eigenvalue weighted by Crippen LogP contribution is -2.31. The lowest BCUT2D eigenvalue weighted by atomic mass is 10.1. The molecule has 3 rings (SSSR count). The smallest absolute Gasteiger partial charge is 0.246 e. The molecule has 0 saturated carbocycles. The highest BCUT2D eigenvalue weighted by atomic mass is 32.2. The molecular formula is C19H27N5OS. The second kappa shape index (κ2) is 9.07. The zero-order chi connectivity index (χ0) is 18.4. The number of piperidine rings is 1. The van der Waals surface area contributed by atoms with Crippen molar-refractivity contribution in [1.82, 2.24) is 15.2 Å². The number of carbonyl (C=O) groups excluding carboxylic acids is 1. The van der Waals surface area contributed by atoms with Crippen molar-refractivity contribution in [2.24, 2.45) is 5.92 Å². The third kappa shape index (κ3) is 5.00. The molecule has 1 aromatic heterocycles. The van der Waals surface area contributed by atoms with E-state index < -0.39 is 0 Å². The third-order valence-corrected chi connectivity index (χ3v) is 6.11. The van der Waals surface area contributed by atoms with Gasteiger partial charge in [0.05, 0.1) is 5.25 Å². The van der Waals surface area contributed by atoms with Gasteiger partial charge in [0, 0.05) is 18.8 Å². The van der Waals surface area contributed by atoms with Crippen LogP contribution in [0.15, 0.2) is 30.3 Å². The Bertz CT molecular complexity index is 697. The van der Waals surface area contributed by atoms with Crippen LogP contribution in [0.2, 0.25) is 0 Å². The first kappa shape index (κ1) is 18.8. The Kier molecular flexibility index (Phi) is 6.55. The monoisotopic (exact) mass is 373 g/mol. The fraction of sp³-hybridized carbons (Fsp3) is 0.526. The molecule has 6 nitrogen and oxygen atoms in total. The van der Waals surface area contributed by atoms with Crippen LogP contribution in [0.25, 0.3) is 0 Å². The molecular weight excluding hydrogens is 346 g/mol. The quantitative estimate of drug-likeness (QED) is 0.774. The van der Waals surface area contributed by atoms with E-state index in [0.717, 1.165) is 18.8 Å². The van der Waals surface area contributed by atoms with Crippen molar-refractivity contribution in [2.75, 3.05) is 23.3 Å². The van der Waals surface area contributed by atoms with Crippen LogP contribution in [-0.4, -0.2) is 39.4 Å². The van der Waals surface area contributed by atoms with Crippen LogP contribution in [0, 0.1) is 5.92 Å². The van der Waals surface area contributed by atoms with Crippen LogP contribution in [0.5, 0.6) is 0 Å². The van der Waals surface area contributed by atoms with Crippen LogP contribution in [-0.2, 0) is 10.5 Å². The van der Waals surface area contributed by atoms with Gasteiger partial charge in [-0.1, -0.05) is 44.2 Å². The first-order valence-corrected chi connectivity index (χ1v) is 10.3. The molecule has 26 heavy (non-hydrogen) atoms. The third-order valence-electron chi connectivity index (χ3n) is 4.49. The lowest BCUT2D eigenvalue weighted by molar-refractivity contribution is -0.116. The number of carbonyl (C=O) groups is 1. The largest absolute Gasteiger partial charge is 0.340 e. The van der Waals surface area contributed by atoms with Gasteiger partial charge < -0.3 is 4.90 Å². The summed E-state index contributed by atoms with van der Waals surface area (Å²) in [4.78, 5) is 19.3. The summed E-state index contributed by atoms with van der Waals surface area (Å²) in [7, 11) is 0. The number of benzene rings is 1. The van der Waals surface area contributed by atoms with Crippen molar-refractivity contribution in [3.8, 4) is 0 Å². The molecule has 1 amide bonds. The van der Waals surface area contributed by atoms with Crippen molar-refractivity contribution in [3.63, 3.8) is 0 Å². The van der Waals surface area contributed by atoms with E-state index >= 15 is 0 Å². The van der Waals surface area contributed by atoms with Gasteiger partial charge in [-0.2, -0.15) is 4.98 Å². The van der Waals surface area contributed by atoms with E-state index in [2.05, 4.69) is 51.4 Å². The average Bonchev–Trinajstić information content (AvgIpc) is 3.11. The lowest BCUT2D eigenvalue weighted by Gasteiger charge is -2.24. The van der Waals surface area contributed by atoms with Crippen molar-refractivity contribution in [3.05, 3.63) is 35.9 Å². The molecule has 1 aliphatic rings. The number of nitrogens with one attached hydrogen (secondary N) is 2. The Morgan fingerprint density at radius 3 is 2.65 bits per heavy atom. The second-order valence-corrected chi connectivity index (χ2v) is 8.11. The summed E-state index contributed by atoms with van der Waals surface area (Å²) in [5, 5.41) is 9.88. The van der Waals surface area contributed by atoms with Crippen LogP contribution in [0.1, 0.15) is 38.7 Å². The second-order valence-electron chi connectivity index (χ2n) is 6.98. The Labute approximate surface area is 159 Å². The van der Waals surface area contributed by atoms with E-state index in [0.29, 0.717) is 11.9 Å². The summed E-state index contributed by atoms with van der Waals surface area (Å²) >= 11 is 1.66. The maximum Gasteiger partial charge on any atom is 0.246 e. The van der Waals surface area contributed by atoms with Gasteiger partial charge in [0.2, 0.25) is 17.8 Å². The normalized spacial score (nSPS) is 15.9. The van der Waals surface area contributed by atoms with E-state index in [-0.39, 0.29) is 17.1 Å². The molecule has 0 aliphatic carbocycles. The van der Waals surface area contributed by atoms with E-state index in [9.17, 15) is 4.79 Å². The molecule has 140 valence electrons. The predicted octanol–water partition coefficient (Wildman–Crippen LogP) is 3.69. The number of aromatic amines is 1. The number of hydrogen-bond acceptors (Lipinski definition) is 5. The van der Waals surface area contributed by atoms with E-state index in [4.69, 9.17) is 0 Å². The van der Waals surface area contributed by atoms with Gasteiger partial charge in [0.25, 0.3) is 0 Å². The van der Waals surface area contributed by atoms with Crippen LogP contribution >= 0.6 is 11.8 Å². The van der Waals surface area contributed by atoms with Gasteiger partial charge in [0.15, 0.2) is 0 Å². The number of aromatic nitrogens is 3. The minimum atomic E-state index is -0.140. The van der Waals surface area contributed by atoms with Crippen LogP contribution < -0.4 is 10.2 Å². The molecule has 1 unspecified atom stereocenters. The molecule has 1 aromatic carbocycles. The van der Waals surface area contributed by atoms with Gasteiger partial charge in [-0.3, -0.25) is 10.1 Å². The summed E-state index contributed by atoms with van der Waals surface area (Å²) in [5.74, 6) is 2.13. The number of hydrogen-bond donors (Lipinski definition) is 2. The summed E-state index contributed by atoms with van der Waals surface area (Å²) in [6, 6.07) is 10.2. The number of thioether (sulfide) groups is 1. The molecule has 1 fully saturated rings. The maximum atomic E-state index is 12.7. The summed E-state index contributed by atoms with van der Waals surface area (Å²) < 4.78 is 0. The number of rotatable bonds is 7. The molecule has 2 heterocycles. The molecule has 1 atom stereocenters. The highest BCUT2D eigenvalue weighted by Crippen LogP contribution is 2.25. The van der Waals surface area contributed by atoms with Crippen LogP contribution in [0.3, 0.4) is 0 Å². The standard InChI is InChI=1S/C19H27N5OS/c1-14(2)16(26-13-15-9-5-3-6-10-15)17(25)20-18-21-19(23-22-18)24-11-7-4-8-12-24/h3,5-6,9-10,14,16H,4,7-8,11-13H2,1-2H3,(H2,20,21,22,23,25). The summed E-state index contributed by atoms with van der Waals surface area (Å²) in [5.41, 5.74) is 1.23. The number of amides is 1.